The highest BCUT2D eigenvalue weighted by atomic mass is 32.1. The first-order chi connectivity index (χ1) is 11.6. The van der Waals surface area contributed by atoms with E-state index in [4.69, 9.17) is 12.2 Å². The summed E-state index contributed by atoms with van der Waals surface area (Å²) in [5, 5.41) is 7.05. The standard InChI is InChI=1S/C19H28N2S.C2H6/c1-6-10-14-17(12-8-3)16(5)20-19(22)21-18(13-9-4)15-11-7-2;1-2/h8-16H,3-4,6-7H2,1-2,5H3,(H2,20,21,22);1-2H3/b14-10-,15-11-,17-12+,18-13+;. The van der Waals surface area contributed by atoms with E-state index in [-0.39, 0.29) is 6.04 Å². The number of hydrogen-bond donors (Lipinski definition) is 2. The van der Waals surface area contributed by atoms with Crippen molar-refractivity contribution in [2.45, 2.75) is 53.5 Å². The molecule has 0 saturated heterocycles. The monoisotopic (exact) mass is 346 g/mol. The van der Waals surface area contributed by atoms with Gasteiger partial charge in [-0.3, -0.25) is 0 Å². The third-order valence-electron chi connectivity index (χ3n) is 2.79. The van der Waals surface area contributed by atoms with E-state index in [9.17, 15) is 0 Å². The maximum atomic E-state index is 5.38. The van der Waals surface area contributed by atoms with Crippen LogP contribution in [0, 0.1) is 0 Å². The third kappa shape index (κ3) is 12.7. The highest BCUT2D eigenvalue weighted by molar-refractivity contribution is 7.80. The summed E-state index contributed by atoms with van der Waals surface area (Å²) in [4.78, 5) is 0. The molecule has 0 aromatic carbocycles. The molecule has 0 aliphatic rings. The molecule has 0 spiro atoms. The van der Waals surface area contributed by atoms with Crippen LogP contribution >= 0.6 is 12.2 Å². The molecule has 134 valence electrons. The van der Waals surface area contributed by atoms with Gasteiger partial charge in [-0.2, -0.15) is 0 Å². The third-order valence-corrected chi connectivity index (χ3v) is 3.01. The molecule has 0 radical (unpaired) electrons. The lowest BCUT2D eigenvalue weighted by Gasteiger charge is -2.18. The molecule has 0 aliphatic carbocycles. The minimum Gasteiger partial charge on any atom is -0.356 e. The fourth-order valence-electron chi connectivity index (χ4n) is 1.69. The molecule has 1 atom stereocenters. The molecule has 0 fully saturated rings. The Morgan fingerprint density at radius 2 is 1.54 bits per heavy atom. The second-order valence-corrected chi connectivity index (χ2v) is 5.11. The van der Waals surface area contributed by atoms with Crippen molar-refractivity contribution >= 4 is 17.3 Å². The molecular formula is C21H34N2S. The lowest BCUT2D eigenvalue weighted by Crippen LogP contribution is -2.40. The fraction of sp³-hybridized carbons (Fsp3) is 0.381. The van der Waals surface area contributed by atoms with Gasteiger partial charge in [-0.05, 0) is 49.7 Å². The summed E-state index contributed by atoms with van der Waals surface area (Å²) in [6.45, 7) is 17.8. The van der Waals surface area contributed by atoms with E-state index in [1.54, 1.807) is 12.2 Å². The van der Waals surface area contributed by atoms with E-state index in [1.807, 2.05) is 32.1 Å². The summed E-state index contributed by atoms with van der Waals surface area (Å²) in [6, 6.07) is 0.0981. The summed E-state index contributed by atoms with van der Waals surface area (Å²) in [5.74, 6) is 0. The Balaban J connectivity index is 0. The van der Waals surface area contributed by atoms with E-state index in [0.717, 1.165) is 24.1 Å². The molecule has 2 nitrogen and oxygen atoms in total. The van der Waals surface area contributed by atoms with Crippen LogP contribution in [-0.4, -0.2) is 11.2 Å². The van der Waals surface area contributed by atoms with Crippen molar-refractivity contribution in [1.82, 2.24) is 10.6 Å². The van der Waals surface area contributed by atoms with Crippen molar-refractivity contribution in [3.05, 3.63) is 73.0 Å². The molecular weight excluding hydrogens is 312 g/mol. The smallest absolute Gasteiger partial charge is 0.171 e. The lowest BCUT2D eigenvalue weighted by atomic mass is 10.1. The molecule has 0 aliphatic heterocycles. The molecule has 1 unspecified atom stereocenters. The fourth-order valence-corrected chi connectivity index (χ4v) is 1.99. The average Bonchev–Trinajstić information content (AvgIpc) is 2.58. The van der Waals surface area contributed by atoms with Crippen LogP contribution in [0.5, 0.6) is 0 Å². The molecule has 24 heavy (non-hydrogen) atoms. The number of rotatable bonds is 9. The molecule has 0 rings (SSSR count). The van der Waals surface area contributed by atoms with Gasteiger partial charge >= 0.3 is 0 Å². The Labute approximate surface area is 154 Å². The minimum atomic E-state index is 0.0981. The topological polar surface area (TPSA) is 24.1 Å². The normalized spacial score (nSPS) is 13.2. The summed E-state index contributed by atoms with van der Waals surface area (Å²) >= 11 is 5.38. The molecule has 0 heterocycles. The molecule has 3 heteroatoms. The van der Waals surface area contributed by atoms with Crippen LogP contribution in [0.2, 0.25) is 0 Å². The summed E-state index contributed by atoms with van der Waals surface area (Å²) in [6.07, 6.45) is 17.7. The lowest BCUT2D eigenvalue weighted by molar-refractivity contribution is 0.766. The van der Waals surface area contributed by atoms with Gasteiger partial charge in [-0.25, -0.2) is 0 Å². The SMILES string of the molecule is C=C/C=C(\C=C/CC)NC(=S)NC(C)C(/C=C\CC)=C/C=C.CC. The van der Waals surface area contributed by atoms with Crippen LogP contribution in [0.25, 0.3) is 0 Å². The Kier molecular flexibility index (Phi) is 17.8. The van der Waals surface area contributed by atoms with Crippen LogP contribution < -0.4 is 10.6 Å². The van der Waals surface area contributed by atoms with Crippen molar-refractivity contribution in [2.75, 3.05) is 0 Å². The Hall–Kier alpha value is -1.87. The van der Waals surface area contributed by atoms with Crippen molar-refractivity contribution in [3.63, 3.8) is 0 Å². The Bertz CT molecular complexity index is 482. The van der Waals surface area contributed by atoms with Crippen LogP contribution in [0.3, 0.4) is 0 Å². The van der Waals surface area contributed by atoms with Gasteiger partial charge in [0.05, 0.1) is 6.04 Å². The molecule has 0 bridgehead atoms. The van der Waals surface area contributed by atoms with Crippen molar-refractivity contribution in [1.29, 1.82) is 0 Å². The Morgan fingerprint density at radius 1 is 1.00 bits per heavy atom. The van der Waals surface area contributed by atoms with Gasteiger partial charge in [0.2, 0.25) is 0 Å². The minimum absolute atomic E-state index is 0.0981. The zero-order valence-electron chi connectivity index (χ0n) is 15.9. The van der Waals surface area contributed by atoms with E-state index < -0.39 is 0 Å². The van der Waals surface area contributed by atoms with Crippen LogP contribution in [-0.2, 0) is 0 Å². The van der Waals surface area contributed by atoms with Gasteiger partial charge in [0.25, 0.3) is 0 Å². The maximum absolute atomic E-state index is 5.38. The maximum Gasteiger partial charge on any atom is 0.171 e. The van der Waals surface area contributed by atoms with Gasteiger partial charge in [-0.1, -0.05) is 77.3 Å². The number of allylic oxidation sites excluding steroid dienone is 7. The quantitative estimate of drug-likeness (QED) is 0.397. The predicted octanol–water partition coefficient (Wildman–Crippen LogP) is 5.98. The summed E-state index contributed by atoms with van der Waals surface area (Å²) in [5.41, 5.74) is 2.05. The molecule has 0 aromatic heterocycles. The van der Waals surface area contributed by atoms with Gasteiger partial charge in [0.1, 0.15) is 0 Å². The highest BCUT2D eigenvalue weighted by Crippen LogP contribution is 2.06. The van der Waals surface area contributed by atoms with Gasteiger partial charge in [0.15, 0.2) is 5.11 Å². The van der Waals surface area contributed by atoms with E-state index in [1.165, 1.54) is 0 Å². The zero-order valence-corrected chi connectivity index (χ0v) is 16.7. The number of hydrogen-bond acceptors (Lipinski definition) is 1. The number of thiocarbonyl (C=S) groups is 1. The van der Waals surface area contributed by atoms with Crippen LogP contribution in [0.15, 0.2) is 73.0 Å². The van der Waals surface area contributed by atoms with Gasteiger partial charge in [0, 0.05) is 5.70 Å². The van der Waals surface area contributed by atoms with Crippen LogP contribution in [0.4, 0.5) is 0 Å². The van der Waals surface area contributed by atoms with Gasteiger partial charge in [-0.15, -0.1) is 0 Å². The molecule has 2 N–H and O–H groups in total. The van der Waals surface area contributed by atoms with Crippen molar-refractivity contribution in [3.8, 4) is 0 Å². The van der Waals surface area contributed by atoms with E-state index in [2.05, 4.69) is 62.8 Å². The first-order valence-electron chi connectivity index (χ1n) is 8.64. The zero-order chi connectivity index (χ0) is 18.8. The first-order valence-corrected chi connectivity index (χ1v) is 9.05. The van der Waals surface area contributed by atoms with Crippen molar-refractivity contribution < 1.29 is 0 Å². The predicted molar refractivity (Wildman–Crippen MR) is 115 cm³/mol. The second kappa shape index (κ2) is 17.5. The largest absolute Gasteiger partial charge is 0.356 e. The second-order valence-electron chi connectivity index (χ2n) is 4.70. The molecule has 0 aromatic rings. The van der Waals surface area contributed by atoms with Crippen LogP contribution in [0.1, 0.15) is 47.5 Å². The summed E-state index contributed by atoms with van der Waals surface area (Å²) in [7, 11) is 0. The molecule has 0 amide bonds. The van der Waals surface area contributed by atoms with E-state index in [0.29, 0.717) is 5.11 Å². The van der Waals surface area contributed by atoms with Crippen molar-refractivity contribution in [2.24, 2.45) is 0 Å². The average molecular weight is 347 g/mol. The molecule has 0 saturated carbocycles. The highest BCUT2D eigenvalue weighted by Gasteiger charge is 2.07. The van der Waals surface area contributed by atoms with E-state index >= 15 is 0 Å². The number of nitrogens with one attached hydrogen (secondary N) is 2. The first kappa shape index (κ1) is 24.4. The van der Waals surface area contributed by atoms with Gasteiger partial charge < -0.3 is 10.6 Å². The summed E-state index contributed by atoms with van der Waals surface area (Å²) < 4.78 is 0. The Morgan fingerprint density at radius 3 is 2.04 bits per heavy atom.